The van der Waals surface area contributed by atoms with Crippen molar-refractivity contribution in [3.63, 3.8) is 0 Å². The number of imidazole rings is 1. The average Bonchev–Trinajstić information content (AvgIpc) is 3.71. The van der Waals surface area contributed by atoms with Crippen molar-refractivity contribution in [1.29, 1.82) is 0 Å². The Balaban J connectivity index is 0.000000493. The number of amidine groups is 1. The van der Waals surface area contributed by atoms with E-state index in [1.807, 2.05) is 48.7 Å². The van der Waals surface area contributed by atoms with Crippen molar-refractivity contribution in [2.75, 3.05) is 20.1 Å². The van der Waals surface area contributed by atoms with Crippen molar-refractivity contribution in [2.45, 2.75) is 79.1 Å². The summed E-state index contributed by atoms with van der Waals surface area (Å²) in [7, 11) is 3.34. The molecule has 2 N–H and O–H groups in total. The predicted molar refractivity (Wildman–Crippen MR) is 241 cm³/mol. The standard InChI is InChI=1S/C22H25BrN2O.C20H25BrN2O.C2H3ClO.CH2O3.Na/c1-14(2)19-12-17(23)13-20(15(3)4)21(19)25-10-9-24-22(25)16-7-6-8-18(11-16)26-5;1-12(2)17-10-15(21)11-18(13(3)4)19(17)23-20(22)14-7-6-8-16(9-14)24-5;3-1-2-4;2-1-4-3;/h6-15H,1-5H3;6-13H,1-5H3,(H2,22,23);2H,1H2;1,3H;/q;;;;+1/p-1. The molecule has 0 bridgehead atoms. The Morgan fingerprint density at radius 3 is 1.66 bits per heavy atom. The summed E-state index contributed by atoms with van der Waals surface area (Å²) in [6, 6.07) is 24.4. The van der Waals surface area contributed by atoms with Crippen LogP contribution in [0.15, 0.2) is 99.1 Å². The van der Waals surface area contributed by atoms with Crippen LogP contribution in [-0.4, -0.2) is 48.2 Å². The normalized spacial score (nSPS) is 10.7. The minimum Gasteiger partial charge on any atom is -0.662 e. The molecule has 10 nitrogen and oxygen atoms in total. The summed E-state index contributed by atoms with van der Waals surface area (Å²) in [6.45, 7) is 17.4. The van der Waals surface area contributed by atoms with Crippen LogP contribution in [0.4, 0.5) is 5.69 Å². The Morgan fingerprint density at radius 2 is 1.24 bits per heavy atom. The minimum atomic E-state index is -0.181. The van der Waals surface area contributed by atoms with E-state index >= 15 is 0 Å². The molecular formula is C45H54Br2ClN4NaO6. The van der Waals surface area contributed by atoms with Gasteiger partial charge in [-0.05, 0) is 94.5 Å². The monoisotopic (exact) mass is 962 g/mol. The molecule has 0 aliphatic carbocycles. The molecule has 0 radical (unpaired) electrons. The minimum absolute atomic E-state index is 0. The largest absolute Gasteiger partial charge is 1.00 e. The molecule has 0 unspecified atom stereocenters. The first-order valence-corrected chi connectivity index (χ1v) is 20.8. The zero-order chi connectivity index (χ0) is 43.5. The summed E-state index contributed by atoms with van der Waals surface area (Å²) in [5, 5.41) is 8.43. The number of hydrogen-bond donors (Lipinski definition) is 1. The molecule has 0 aliphatic heterocycles. The van der Waals surface area contributed by atoms with E-state index < -0.39 is 0 Å². The maximum atomic E-state index is 9.04. The Morgan fingerprint density at radius 1 is 0.797 bits per heavy atom. The third kappa shape index (κ3) is 16.1. The van der Waals surface area contributed by atoms with Crippen LogP contribution >= 0.6 is 43.5 Å². The molecule has 0 aliphatic rings. The predicted octanol–water partition coefficient (Wildman–Crippen LogP) is 8.16. The van der Waals surface area contributed by atoms with E-state index in [0.29, 0.717) is 35.8 Å². The summed E-state index contributed by atoms with van der Waals surface area (Å²) in [5.74, 6) is 4.67. The number of methoxy groups -OCH3 is 2. The van der Waals surface area contributed by atoms with Crippen molar-refractivity contribution in [2.24, 2.45) is 10.7 Å². The molecule has 59 heavy (non-hydrogen) atoms. The first-order chi connectivity index (χ1) is 27.6. The van der Waals surface area contributed by atoms with Gasteiger partial charge in [0.2, 0.25) is 0 Å². The van der Waals surface area contributed by atoms with Crippen molar-refractivity contribution >= 4 is 67.7 Å². The van der Waals surface area contributed by atoms with E-state index in [4.69, 9.17) is 46.6 Å². The van der Waals surface area contributed by atoms with Gasteiger partial charge in [0, 0.05) is 32.5 Å². The fraction of sp³-hybridized carbons (Fsp3) is 0.333. The molecule has 4 aromatic carbocycles. The van der Waals surface area contributed by atoms with Gasteiger partial charge >= 0.3 is 29.6 Å². The summed E-state index contributed by atoms with van der Waals surface area (Å²) < 4.78 is 15.1. The smallest absolute Gasteiger partial charge is 0.662 e. The molecular weight excluding hydrogens is 911 g/mol. The number of carbonyl (C=O) groups excluding carboxylic acids is 2. The van der Waals surface area contributed by atoms with Gasteiger partial charge in [-0.25, -0.2) is 9.98 Å². The van der Waals surface area contributed by atoms with E-state index in [0.717, 1.165) is 43.1 Å². The van der Waals surface area contributed by atoms with Crippen LogP contribution in [0.3, 0.4) is 0 Å². The van der Waals surface area contributed by atoms with Gasteiger partial charge in [-0.1, -0.05) is 112 Å². The second-order valence-corrected chi connectivity index (χ2v) is 16.2. The van der Waals surface area contributed by atoms with E-state index in [1.165, 1.54) is 27.9 Å². The van der Waals surface area contributed by atoms with Crippen LogP contribution in [-0.2, 0) is 14.5 Å². The van der Waals surface area contributed by atoms with Crippen LogP contribution in [0.5, 0.6) is 11.5 Å². The molecule has 0 atom stereocenters. The molecule has 0 amide bonds. The second-order valence-electron chi connectivity index (χ2n) is 14.1. The third-order valence-corrected chi connectivity index (χ3v) is 9.71. The molecule has 1 heterocycles. The molecule has 0 saturated heterocycles. The number of alkyl halides is 1. The number of carbonyl (C=O) groups is 2. The number of nitrogens with zero attached hydrogens (tertiary/aromatic N) is 3. The number of hydrogen-bond acceptors (Lipinski definition) is 8. The number of benzene rings is 4. The number of aldehydes is 1. The molecule has 5 rings (SSSR count). The fourth-order valence-electron chi connectivity index (χ4n) is 5.88. The van der Waals surface area contributed by atoms with Gasteiger partial charge < -0.3 is 30.1 Å². The second kappa shape index (κ2) is 27.4. The van der Waals surface area contributed by atoms with Crippen LogP contribution in [0, 0.1) is 0 Å². The first-order valence-electron chi connectivity index (χ1n) is 18.6. The Hall–Kier alpha value is -3.49. The third-order valence-electron chi connectivity index (χ3n) is 8.66. The topological polar surface area (TPSA) is 141 Å². The molecule has 0 spiro atoms. The van der Waals surface area contributed by atoms with Gasteiger partial charge in [0.05, 0.1) is 31.5 Å². The summed E-state index contributed by atoms with van der Waals surface area (Å²) in [6.07, 6.45) is 4.56. The fourth-order valence-corrected chi connectivity index (χ4v) is 6.87. The first kappa shape index (κ1) is 53.5. The van der Waals surface area contributed by atoms with E-state index in [-0.39, 0.29) is 41.9 Å². The van der Waals surface area contributed by atoms with Gasteiger partial charge in [-0.2, -0.15) is 0 Å². The maximum Gasteiger partial charge on any atom is 1.00 e. The van der Waals surface area contributed by atoms with Crippen molar-refractivity contribution < 1.29 is 58.8 Å². The number of aromatic nitrogens is 2. The summed E-state index contributed by atoms with van der Waals surface area (Å²) in [4.78, 5) is 29.8. The van der Waals surface area contributed by atoms with Crippen LogP contribution in [0.2, 0.25) is 0 Å². The van der Waals surface area contributed by atoms with Crippen molar-refractivity contribution in [3.8, 4) is 28.6 Å². The maximum absolute atomic E-state index is 9.04. The quantitative estimate of drug-likeness (QED) is 0.0251. The summed E-state index contributed by atoms with van der Waals surface area (Å²) in [5.41, 5.74) is 15.4. The molecule has 312 valence electrons. The van der Waals surface area contributed by atoms with Gasteiger partial charge in [0.25, 0.3) is 6.47 Å². The van der Waals surface area contributed by atoms with Crippen LogP contribution in [0.25, 0.3) is 17.1 Å². The van der Waals surface area contributed by atoms with Gasteiger partial charge in [0.15, 0.2) is 0 Å². The molecule has 1 aromatic heterocycles. The number of rotatable bonds is 12. The van der Waals surface area contributed by atoms with E-state index in [1.54, 1.807) is 14.2 Å². The van der Waals surface area contributed by atoms with Gasteiger partial charge in [0.1, 0.15) is 29.4 Å². The number of aliphatic imine (C=N–C) groups is 1. The van der Waals surface area contributed by atoms with Gasteiger partial charge in [-0.3, -0.25) is 9.36 Å². The zero-order valence-corrected chi connectivity index (χ0v) is 41.7. The molecule has 0 fully saturated rings. The van der Waals surface area contributed by atoms with Crippen LogP contribution < -0.4 is 50.0 Å². The van der Waals surface area contributed by atoms with E-state index in [2.05, 4.69) is 138 Å². The Labute approximate surface area is 393 Å². The average molecular weight is 965 g/mol. The van der Waals surface area contributed by atoms with Crippen LogP contribution in [0.1, 0.15) is 107 Å². The number of halogens is 3. The Bertz CT molecular complexity index is 2040. The number of nitrogens with two attached hydrogens (primary N) is 1. The number of ether oxygens (including phenoxy) is 2. The SMILES string of the molecule is COc1cccc(-c2nccn2-c2c(C(C)C)cc(Br)cc2C(C)C)c1.COc1cccc(C(N)=Nc2c(C(C)C)cc(Br)cc2C(C)C)c1.O=CCCl.O=CO[O-].[Na+]. The molecule has 5 aromatic rings. The molecule has 14 heteroatoms. The van der Waals surface area contributed by atoms with E-state index in [9.17, 15) is 0 Å². The van der Waals surface area contributed by atoms with Crippen molar-refractivity contribution in [3.05, 3.63) is 122 Å². The summed E-state index contributed by atoms with van der Waals surface area (Å²) >= 11 is 12.1. The van der Waals surface area contributed by atoms with Crippen molar-refractivity contribution in [1.82, 2.24) is 9.55 Å². The zero-order valence-electron chi connectivity index (χ0n) is 35.8. The molecule has 0 saturated carbocycles. The Kier molecular flexibility index (Phi) is 24.8. The van der Waals surface area contributed by atoms with Gasteiger partial charge in [-0.15, -0.1) is 11.6 Å².